The molecule has 1 aliphatic carbocycles. The molecule has 1 aliphatic heterocycles. The van der Waals surface area contributed by atoms with Gasteiger partial charge in [0.15, 0.2) is 5.78 Å². The van der Waals surface area contributed by atoms with E-state index < -0.39 is 41.0 Å². The number of benzene rings is 1. The summed E-state index contributed by atoms with van der Waals surface area (Å²) in [4.78, 5) is 66.5. The number of carbonyl (C=O) groups excluding carboxylic acids is 5. The van der Waals surface area contributed by atoms with Gasteiger partial charge in [-0.1, -0.05) is 50.3 Å². The lowest BCUT2D eigenvalue weighted by molar-refractivity contribution is -0.142. The Morgan fingerprint density at radius 2 is 1.71 bits per heavy atom. The summed E-state index contributed by atoms with van der Waals surface area (Å²) >= 11 is 0. The van der Waals surface area contributed by atoms with Gasteiger partial charge in [-0.15, -0.1) is 0 Å². The molecule has 0 bridgehead atoms. The highest BCUT2D eigenvalue weighted by atomic mass is 16.2. The minimum absolute atomic E-state index is 0.00546. The van der Waals surface area contributed by atoms with E-state index in [0.717, 1.165) is 43.0 Å². The molecule has 1 saturated heterocycles. The molecule has 1 aromatic heterocycles. The molecule has 4 rings (SSSR count). The van der Waals surface area contributed by atoms with Crippen LogP contribution >= 0.6 is 0 Å². The molecule has 3 amide bonds. The maximum absolute atomic E-state index is 13.9. The predicted octanol–water partition coefficient (Wildman–Crippen LogP) is 4.22. The number of piperidine rings is 1. The Balaban J connectivity index is 1.57. The zero-order valence-electron chi connectivity index (χ0n) is 25.5. The number of rotatable bonds is 11. The zero-order valence-corrected chi connectivity index (χ0v) is 25.5. The van der Waals surface area contributed by atoms with Crippen molar-refractivity contribution in [3.05, 3.63) is 36.0 Å². The molecule has 0 radical (unpaired) electrons. The SMILES string of the molecule is Cn1c(C(=O)C[C@@H](CC2CCCCC2)C(=O)N[C@@H](C[C@@H]2CCCNC2=O)C(=O)C(=O)NC(C)(C)C)cc2ccccc21. The molecule has 2 heterocycles. The summed E-state index contributed by atoms with van der Waals surface area (Å²) in [5.74, 6) is -3.10. The third-order valence-electron chi connectivity index (χ3n) is 8.65. The van der Waals surface area contributed by atoms with Crippen molar-refractivity contribution >= 4 is 40.2 Å². The number of aryl methyl sites for hydroxylation is 1. The topological polar surface area (TPSA) is 126 Å². The lowest BCUT2D eigenvalue weighted by atomic mass is 9.80. The van der Waals surface area contributed by atoms with Crippen LogP contribution in [0.5, 0.6) is 0 Å². The fourth-order valence-electron chi connectivity index (χ4n) is 6.42. The third-order valence-corrected chi connectivity index (χ3v) is 8.65. The van der Waals surface area contributed by atoms with Gasteiger partial charge in [0.25, 0.3) is 5.91 Å². The van der Waals surface area contributed by atoms with Gasteiger partial charge < -0.3 is 20.5 Å². The molecule has 1 aromatic carbocycles. The molecule has 2 fully saturated rings. The van der Waals surface area contributed by atoms with Crippen LogP contribution in [0.25, 0.3) is 10.9 Å². The van der Waals surface area contributed by atoms with Crippen LogP contribution in [0.4, 0.5) is 0 Å². The van der Waals surface area contributed by atoms with Crippen molar-refractivity contribution in [3.63, 3.8) is 0 Å². The first kappa shape index (κ1) is 31.4. The molecule has 0 unspecified atom stereocenters. The highest BCUT2D eigenvalue weighted by Crippen LogP contribution is 2.32. The Labute approximate surface area is 248 Å². The first-order valence-electron chi connectivity index (χ1n) is 15.4. The van der Waals surface area contributed by atoms with E-state index in [1.807, 2.05) is 41.9 Å². The lowest BCUT2D eigenvalue weighted by Crippen LogP contribution is -2.54. The van der Waals surface area contributed by atoms with Crippen molar-refractivity contribution < 1.29 is 24.0 Å². The van der Waals surface area contributed by atoms with Crippen molar-refractivity contribution in [1.29, 1.82) is 0 Å². The monoisotopic (exact) mass is 578 g/mol. The number of nitrogens with zero attached hydrogens (tertiary/aromatic N) is 1. The smallest absolute Gasteiger partial charge is 0.290 e. The van der Waals surface area contributed by atoms with Crippen molar-refractivity contribution in [2.45, 2.75) is 96.6 Å². The van der Waals surface area contributed by atoms with E-state index in [2.05, 4.69) is 16.0 Å². The molecule has 3 atom stereocenters. The number of aromatic nitrogens is 1. The van der Waals surface area contributed by atoms with Crippen molar-refractivity contribution in [1.82, 2.24) is 20.5 Å². The highest BCUT2D eigenvalue weighted by molar-refractivity contribution is 6.38. The number of amides is 3. The third kappa shape index (κ3) is 8.07. The van der Waals surface area contributed by atoms with Gasteiger partial charge in [0.1, 0.15) is 0 Å². The molecule has 3 N–H and O–H groups in total. The van der Waals surface area contributed by atoms with Gasteiger partial charge in [-0.05, 0) is 64.5 Å². The van der Waals surface area contributed by atoms with Crippen LogP contribution in [-0.4, -0.2) is 52.0 Å². The van der Waals surface area contributed by atoms with Gasteiger partial charge in [-0.2, -0.15) is 0 Å². The largest absolute Gasteiger partial charge is 0.356 e. The maximum atomic E-state index is 13.9. The molecule has 0 spiro atoms. The summed E-state index contributed by atoms with van der Waals surface area (Å²) in [5.41, 5.74) is 0.835. The first-order valence-corrected chi connectivity index (χ1v) is 15.4. The number of ketones is 2. The van der Waals surface area contributed by atoms with Crippen LogP contribution in [0.15, 0.2) is 30.3 Å². The van der Waals surface area contributed by atoms with E-state index in [4.69, 9.17) is 0 Å². The normalized spacial score (nSPS) is 19.5. The number of Topliss-reactive ketones (excluding diaryl/α,β-unsaturated/α-hetero) is 2. The Bertz CT molecular complexity index is 1320. The second-order valence-corrected chi connectivity index (χ2v) is 13.2. The predicted molar refractivity (Wildman–Crippen MR) is 162 cm³/mol. The van der Waals surface area contributed by atoms with Crippen molar-refractivity contribution in [2.75, 3.05) is 6.54 Å². The van der Waals surface area contributed by atoms with Gasteiger partial charge in [0, 0.05) is 48.3 Å². The molecular weight excluding hydrogens is 532 g/mol. The van der Waals surface area contributed by atoms with Gasteiger partial charge in [-0.25, -0.2) is 0 Å². The van der Waals surface area contributed by atoms with Gasteiger partial charge in [-0.3, -0.25) is 24.0 Å². The summed E-state index contributed by atoms with van der Waals surface area (Å²) in [6.07, 6.45) is 7.32. The fraction of sp³-hybridized carbons (Fsp3) is 0.606. The second-order valence-electron chi connectivity index (χ2n) is 13.2. The molecule has 42 heavy (non-hydrogen) atoms. The highest BCUT2D eigenvalue weighted by Gasteiger charge is 2.36. The minimum Gasteiger partial charge on any atom is -0.356 e. The number of hydrogen-bond acceptors (Lipinski definition) is 5. The molecule has 1 saturated carbocycles. The number of nitrogens with one attached hydrogen (secondary N) is 3. The minimum atomic E-state index is -1.16. The molecule has 2 aromatic rings. The Morgan fingerprint density at radius 1 is 1.00 bits per heavy atom. The Hall–Kier alpha value is -3.49. The van der Waals surface area contributed by atoms with Crippen LogP contribution < -0.4 is 16.0 Å². The van der Waals surface area contributed by atoms with Crippen LogP contribution in [0.2, 0.25) is 0 Å². The summed E-state index contributed by atoms with van der Waals surface area (Å²) in [6, 6.07) is 8.47. The van der Waals surface area contributed by atoms with Crippen LogP contribution in [0, 0.1) is 17.8 Å². The van der Waals surface area contributed by atoms with E-state index in [0.29, 0.717) is 31.0 Å². The van der Waals surface area contributed by atoms with Crippen LogP contribution in [0.1, 0.15) is 95.5 Å². The molecule has 9 nitrogen and oxygen atoms in total. The van der Waals surface area contributed by atoms with Crippen molar-refractivity contribution in [3.8, 4) is 0 Å². The molecular formula is C33H46N4O5. The quantitative estimate of drug-likeness (QED) is 0.272. The lowest BCUT2D eigenvalue weighted by Gasteiger charge is -2.29. The summed E-state index contributed by atoms with van der Waals surface area (Å²) in [6.45, 7) is 5.90. The average Bonchev–Trinajstić information content (AvgIpc) is 3.29. The Kier molecular flexibility index (Phi) is 10.2. The van der Waals surface area contributed by atoms with Gasteiger partial charge in [0.05, 0.1) is 11.7 Å². The maximum Gasteiger partial charge on any atom is 0.290 e. The number of fused-ring (bicyclic) bond motifs is 1. The molecule has 2 aliphatic rings. The van der Waals surface area contributed by atoms with Crippen molar-refractivity contribution in [2.24, 2.45) is 24.8 Å². The average molecular weight is 579 g/mol. The van der Waals surface area contributed by atoms with Gasteiger partial charge in [0.2, 0.25) is 17.6 Å². The number of hydrogen-bond donors (Lipinski definition) is 3. The van der Waals surface area contributed by atoms with E-state index in [1.165, 1.54) is 6.42 Å². The summed E-state index contributed by atoms with van der Waals surface area (Å²) in [7, 11) is 1.85. The van der Waals surface area contributed by atoms with E-state index in [1.54, 1.807) is 20.8 Å². The van der Waals surface area contributed by atoms with Gasteiger partial charge >= 0.3 is 0 Å². The number of para-hydroxylation sites is 1. The van der Waals surface area contributed by atoms with E-state index in [9.17, 15) is 24.0 Å². The molecule has 9 heteroatoms. The van der Waals surface area contributed by atoms with E-state index >= 15 is 0 Å². The van der Waals surface area contributed by atoms with E-state index in [-0.39, 0.29) is 24.5 Å². The first-order chi connectivity index (χ1) is 19.9. The zero-order chi connectivity index (χ0) is 30.4. The Morgan fingerprint density at radius 3 is 2.38 bits per heavy atom. The van der Waals surface area contributed by atoms with Crippen LogP contribution in [0.3, 0.4) is 0 Å². The standard InChI is InChI=1S/C33H46N4O5/c1-33(2,3)36-32(42)29(39)25(18-23-14-10-16-34-30(23)40)35-31(41)24(17-21-11-6-5-7-12-21)20-28(38)27-19-22-13-8-9-15-26(22)37(27)4/h8-9,13,15,19,21,23-25H,5-7,10-12,14,16-18,20H2,1-4H3,(H,34,40)(H,35,41)(H,36,42)/t23-,24+,25-/m0/s1. The summed E-state index contributed by atoms with van der Waals surface area (Å²) < 4.78 is 1.86. The second kappa shape index (κ2) is 13.7. The molecule has 228 valence electrons. The summed E-state index contributed by atoms with van der Waals surface area (Å²) in [5, 5.41) is 9.32. The van der Waals surface area contributed by atoms with Crippen LogP contribution in [-0.2, 0) is 26.2 Å². The number of carbonyl (C=O) groups is 5. The fourth-order valence-corrected chi connectivity index (χ4v) is 6.42.